The highest BCUT2D eigenvalue weighted by Gasteiger charge is 2.09. The monoisotopic (exact) mass is 286 g/mol. The van der Waals surface area contributed by atoms with Gasteiger partial charge in [0.1, 0.15) is 5.75 Å². The fraction of sp³-hybridized carbons (Fsp3) is 0.214. The van der Waals surface area contributed by atoms with E-state index in [2.05, 4.69) is 22.0 Å². The van der Waals surface area contributed by atoms with Gasteiger partial charge < -0.3 is 5.11 Å². The summed E-state index contributed by atoms with van der Waals surface area (Å²) in [4.78, 5) is 8.75. The number of thioether (sulfide) groups is 1. The molecule has 0 bridgehead atoms. The third kappa shape index (κ3) is 2.34. The zero-order valence-electron chi connectivity index (χ0n) is 11.0. The minimum absolute atomic E-state index is 0.225. The summed E-state index contributed by atoms with van der Waals surface area (Å²) >= 11 is 1.63. The third-order valence-electron chi connectivity index (χ3n) is 2.86. The minimum Gasteiger partial charge on any atom is -0.507 e. The van der Waals surface area contributed by atoms with Crippen LogP contribution in [0.25, 0.3) is 16.7 Å². The van der Waals surface area contributed by atoms with Crippen molar-refractivity contribution in [1.29, 1.82) is 0 Å². The fourth-order valence-corrected chi connectivity index (χ4v) is 2.61. The standard InChI is InChI=1S/C14H14N4OS/c1-2-8-20-14-15-7-6-13(17-14)18-11-4-3-5-12(19)10(11)9-16-18/h3-7,9,19H,2,8H2,1H3. The molecule has 0 aliphatic carbocycles. The second kappa shape index (κ2) is 5.50. The number of fused-ring (bicyclic) bond motifs is 1. The van der Waals surface area contributed by atoms with Gasteiger partial charge in [0.05, 0.1) is 17.1 Å². The van der Waals surface area contributed by atoms with Gasteiger partial charge in [0.25, 0.3) is 0 Å². The van der Waals surface area contributed by atoms with Crippen molar-refractivity contribution in [2.75, 3.05) is 5.75 Å². The van der Waals surface area contributed by atoms with Crippen LogP contribution in [-0.4, -0.2) is 30.6 Å². The molecule has 0 aliphatic heterocycles. The lowest BCUT2D eigenvalue weighted by molar-refractivity contribution is 0.481. The van der Waals surface area contributed by atoms with Crippen LogP contribution in [0.4, 0.5) is 0 Å². The van der Waals surface area contributed by atoms with Gasteiger partial charge in [-0.1, -0.05) is 24.8 Å². The number of hydrogen-bond donors (Lipinski definition) is 1. The predicted molar refractivity (Wildman–Crippen MR) is 79.3 cm³/mol. The Hall–Kier alpha value is -2.08. The average Bonchev–Trinajstić information content (AvgIpc) is 2.91. The summed E-state index contributed by atoms with van der Waals surface area (Å²) in [7, 11) is 0. The predicted octanol–water partition coefficient (Wildman–Crippen LogP) is 3.02. The molecule has 0 spiro atoms. The highest BCUT2D eigenvalue weighted by atomic mass is 32.2. The maximum Gasteiger partial charge on any atom is 0.189 e. The van der Waals surface area contributed by atoms with Crippen molar-refractivity contribution in [3.63, 3.8) is 0 Å². The van der Waals surface area contributed by atoms with Gasteiger partial charge >= 0.3 is 0 Å². The van der Waals surface area contributed by atoms with E-state index in [0.717, 1.165) is 22.8 Å². The van der Waals surface area contributed by atoms with Gasteiger partial charge in [0.2, 0.25) is 0 Å². The number of rotatable bonds is 4. The van der Waals surface area contributed by atoms with Crippen molar-refractivity contribution in [1.82, 2.24) is 19.7 Å². The summed E-state index contributed by atoms with van der Waals surface area (Å²) in [6.07, 6.45) is 4.46. The van der Waals surface area contributed by atoms with Crippen molar-refractivity contribution in [2.24, 2.45) is 0 Å². The smallest absolute Gasteiger partial charge is 0.189 e. The summed E-state index contributed by atoms with van der Waals surface area (Å²) in [5.74, 6) is 1.92. The maximum absolute atomic E-state index is 9.81. The van der Waals surface area contributed by atoms with E-state index in [1.54, 1.807) is 41.0 Å². The molecular weight excluding hydrogens is 272 g/mol. The van der Waals surface area contributed by atoms with Crippen LogP contribution < -0.4 is 0 Å². The van der Waals surface area contributed by atoms with Gasteiger partial charge in [-0.3, -0.25) is 0 Å². The molecule has 5 nitrogen and oxygen atoms in total. The van der Waals surface area contributed by atoms with E-state index >= 15 is 0 Å². The van der Waals surface area contributed by atoms with E-state index in [0.29, 0.717) is 11.2 Å². The first kappa shape index (κ1) is 12.9. The maximum atomic E-state index is 9.81. The number of phenols is 1. The molecule has 0 unspecified atom stereocenters. The summed E-state index contributed by atoms with van der Waals surface area (Å²) in [5.41, 5.74) is 0.829. The molecule has 2 heterocycles. The Morgan fingerprint density at radius 3 is 3.05 bits per heavy atom. The van der Waals surface area contributed by atoms with Crippen molar-refractivity contribution in [3.8, 4) is 11.6 Å². The van der Waals surface area contributed by atoms with Crippen molar-refractivity contribution < 1.29 is 5.11 Å². The first-order valence-electron chi connectivity index (χ1n) is 6.41. The van der Waals surface area contributed by atoms with E-state index in [-0.39, 0.29) is 5.75 Å². The zero-order valence-corrected chi connectivity index (χ0v) is 11.8. The number of nitrogens with zero attached hydrogens (tertiary/aromatic N) is 4. The van der Waals surface area contributed by atoms with Crippen LogP contribution in [0.15, 0.2) is 41.8 Å². The lowest BCUT2D eigenvalue weighted by Gasteiger charge is -2.04. The van der Waals surface area contributed by atoms with E-state index in [1.165, 1.54) is 0 Å². The number of phenolic OH excluding ortho intramolecular Hbond substituents is 1. The Balaban J connectivity index is 2.05. The molecule has 6 heteroatoms. The van der Waals surface area contributed by atoms with Gasteiger partial charge in [-0.25, -0.2) is 14.6 Å². The topological polar surface area (TPSA) is 63.8 Å². The summed E-state index contributed by atoms with van der Waals surface area (Å²) in [6, 6.07) is 7.16. The molecule has 0 saturated heterocycles. The largest absolute Gasteiger partial charge is 0.507 e. The normalized spacial score (nSPS) is 11.1. The second-order valence-corrected chi connectivity index (χ2v) is 5.37. The molecule has 102 valence electrons. The minimum atomic E-state index is 0.225. The van der Waals surface area contributed by atoms with E-state index in [4.69, 9.17) is 0 Å². The van der Waals surface area contributed by atoms with Gasteiger partial charge in [-0.05, 0) is 18.6 Å². The lowest BCUT2D eigenvalue weighted by Crippen LogP contribution is -2.01. The third-order valence-corrected chi connectivity index (χ3v) is 3.93. The molecular formula is C14H14N4OS. The molecule has 3 rings (SSSR count). The van der Waals surface area contributed by atoms with Crippen molar-refractivity contribution in [3.05, 3.63) is 36.7 Å². The molecule has 0 atom stereocenters. The molecule has 1 N–H and O–H groups in total. The molecule has 0 fully saturated rings. The Labute approximate surface area is 120 Å². The Morgan fingerprint density at radius 1 is 1.30 bits per heavy atom. The molecule has 0 saturated carbocycles. The van der Waals surface area contributed by atoms with Crippen LogP contribution >= 0.6 is 11.8 Å². The van der Waals surface area contributed by atoms with Crippen molar-refractivity contribution in [2.45, 2.75) is 18.5 Å². The van der Waals surface area contributed by atoms with Gasteiger partial charge in [0, 0.05) is 18.0 Å². The molecule has 0 aliphatic rings. The quantitative estimate of drug-likeness (QED) is 0.590. The summed E-state index contributed by atoms with van der Waals surface area (Å²) in [6.45, 7) is 2.13. The first-order chi connectivity index (χ1) is 9.79. The van der Waals surface area contributed by atoms with Gasteiger partial charge in [0.15, 0.2) is 11.0 Å². The van der Waals surface area contributed by atoms with Crippen LogP contribution in [0.3, 0.4) is 0 Å². The molecule has 2 aromatic heterocycles. The van der Waals surface area contributed by atoms with Crippen LogP contribution in [-0.2, 0) is 0 Å². The fourth-order valence-electron chi connectivity index (χ4n) is 1.93. The van der Waals surface area contributed by atoms with E-state index in [1.807, 2.05) is 12.1 Å². The van der Waals surface area contributed by atoms with Crippen molar-refractivity contribution >= 4 is 22.7 Å². The number of hydrogen-bond acceptors (Lipinski definition) is 5. The Kier molecular flexibility index (Phi) is 3.56. The van der Waals surface area contributed by atoms with Crippen LogP contribution in [0.5, 0.6) is 5.75 Å². The Bertz CT molecular complexity index is 741. The molecule has 3 aromatic rings. The van der Waals surface area contributed by atoms with E-state index < -0.39 is 0 Å². The highest BCUT2D eigenvalue weighted by Crippen LogP contribution is 2.25. The van der Waals surface area contributed by atoms with Crippen LogP contribution in [0.2, 0.25) is 0 Å². The van der Waals surface area contributed by atoms with Crippen LogP contribution in [0.1, 0.15) is 13.3 Å². The number of aromatic nitrogens is 4. The lowest BCUT2D eigenvalue weighted by atomic mass is 10.2. The number of benzene rings is 1. The molecule has 0 amide bonds. The van der Waals surface area contributed by atoms with Gasteiger partial charge in [-0.15, -0.1) is 0 Å². The summed E-state index contributed by atoms with van der Waals surface area (Å²) < 4.78 is 1.72. The summed E-state index contributed by atoms with van der Waals surface area (Å²) in [5, 5.41) is 15.6. The average molecular weight is 286 g/mol. The first-order valence-corrected chi connectivity index (χ1v) is 7.40. The van der Waals surface area contributed by atoms with Gasteiger partial charge in [-0.2, -0.15) is 5.10 Å². The highest BCUT2D eigenvalue weighted by molar-refractivity contribution is 7.99. The number of aromatic hydroxyl groups is 1. The van der Waals surface area contributed by atoms with E-state index in [9.17, 15) is 5.11 Å². The molecule has 0 radical (unpaired) electrons. The second-order valence-electron chi connectivity index (χ2n) is 4.31. The van der Waals surface area contributed by atoms with Crippen LogP contribution in [0, 0.1) is 0 Å². The molecule has 1 aromatic carbocycles. The SMILES string of the molecule is CCCSc1nccc(-n2ncc3c(O)cccc32)n1. The Morgan fingerprint density at radius 2 is 2.20 bits per heavy atom. The zero-order chi connectivity index (χ0) is 13.9. The molecule has 20 heavy (non-hydrogen) atoms.